The van der Waals surface area contributed by atoms with Crippen LogP contribution in [0.15, 0.2) is 18.2 Å². The van der Waals surface area contributed by atoms with Gasteiger partial charge in [0.1, 0.15) is 11.9 Å². The lowest BCUT2D eigenvalue weighted by molar-refractivity contribution is 0.143. The molecule has 5 nitrogen and oxygen atoms in total. The summed E-state index contributed by atoms with van der Waals surface area (Å²) in [6.45, 7) is 4.52. The van der Waals surface area contributed by atoms with Crippen LogP contribution in [0.25, 0.3) is 0 Å². The van der Waals surface area contributed by atoms with Gasteiger partial charge in [-0.1, -0.05) is 19.1 Å². The fourth-order valence-corrected chi connectivity index (χ4v) is 3.90. The van der Waals surface area contributed by atoms with Crippen molar-refractivity contribution in [2.45, 2.75) is 19.4 Å². The molecule has 1 N–H and O–H groups in total. The number of cyclic esters (lactones) is 1. The first-order valence-electron chi connectivity index (χ1n) is 8.45. The number of thiocarbonyl (C=S) groups is 1. The predicted octanol–water partition coefficient (Wildman–Crippen LogP) is 3.03. The van der Waals surface area contributed by atoms with Crippen LogP contribution in [0, 0.1) is 5.82 Å². The molecule has 2 aliphatic rings. The first kappa shape index (κ1) is 18.3. The summed E-state index contributed by atoms with van der Waals surface area (Å²) in [6, 6.07) is 4.96. The molecule has 2 saturated heterocycles. The second-order valence-electron chi connectivity index (χ2n) is 6.01. The Bertz CT molecular complexity index is 653. The molecule has 0 aromatic heterocycles. The number of benzene rings is 1. The third-order valence-electron chi connectivity index (χ3n) is 4.32. The lowest BCUT2D eigenvalue weighted by atomic mass is 10.2. The average Bonchev–Trinajstić information content (AvgIpc) is 3.01. The van der Waals surface area contributed by atoms with E-state index >= 15 is 0 Å². The Labute approximate surface area is 156 Å². The molecule has 25 heavy (non-hydrogen) atoms. The van der Waals surface area contributed by atoms with Crippen molar-refractivity contribution in [1.29, 1.82) is 0 Å². The smallest absolute Gasteiger partial charge is 0.414 e. The van der Waals surface area contributed by atoms with E-state index in [4.69, 9.17) is 17.0 Å². The third-order valence-corrected chi connectivity index (χ3v) is 5.69. The Hall–Kier alpha value is -1.54. The number of halogens is 1. The van der Waals surface area contributed by atoms with Crippen LogP contribution in [0.2, 0.25) is 0 Å². The number of hydrogen-bond donors (Lipinski definition) is 1. The molecule has 1 aromatic carbocycles. The van der Waals surface area contributed by atoms with Gasteiger partial charge in [-0.15, -0.1) is 0 Å². The predicted molar refractivity (Wildman–Crippen MR) is 104 cm³/mol. The van der Waals surface area contributed by atoms with Crippen LogP contribution in [0.4, 0.5) is 20.6 Å². The summed E-state index contributed by atoms with van der Waals surface area (Å²) in [7, 11) is 0. The number of carbonyl (C=O) groups is 1. The Morgan fingerprint density at radius 3 is 2.88 bits per heavy atom. The molecule has 0 radical (unpaired) electrons. The minimum atomic E-state index is -0.448. The highest BCUT2D eigenvalue weighted by atomic mass is 32.2. The Morgan fingerprint density at radius 2 is 2.20 bits per heavy atom. The molecule has 2 aliphatic heterocycles. The number of carbonyl (C=O) groups excluding carboxylic acids is 1. The maximum Gasteiger partial charge on any atom is 0.414 e. The Kier molecular flexibility index (Phi) is 6.01. The molecule has 1 atom stereocenters. The van der Waals surface area contributed by atoms with Crippen LogP contribution in [0.5, 0.6) is 0 Å². The largest absolute Gasteiger partial charge is 0.442 e. The zero-order valence-corrected chi connectivity index (χ0v) is 15.8. The van der Waals surface area contributed by atoms with Gasteiger partial charge in [-0.3, -0.25) is 4.90 Å². The van der Waals surface area contributed by atoms with E-state index in [1.54, 1.807) is 12.1 Å². The van der Waals surface area contributed by atoms with Crippen molar-refractivity contribution in [3.8, 4) is 0 Å². The first-order valence-corrected chi connectivity index (χ1v) is 10.0. The molecule has 1 aromatic rings. The highest BCUT2D eigenvalue weighted by molar-refractivity contribution is 7.99. The number of nitrogens with zero attached hydrogens (tertiary/aromatic N) is 2. The first-order chi connectivity index (χ1) is 12.1. The summed E-state index contributed by atoms with van der Waals surface area (Å²) in [6.07, 6.45) is 0.0103. The van der Waals surface area contributed by atoms with Gasteiger partial charge >= 0.3 is 6.09 Å². The number of nitrogens with one attached hydrogen (secondary N) is 1. The van der Waals surface area contributed by atoms with Gasteiger partial charge in [0.05, 0.1) is 29.5 Å². The van der Waals surface area contributed by atoms with Crippen LogP contribution in [-0.4, -0.2) is 54.9 Å². The van der Waals surface area contributed by atoms with Crippen molar-refractivity contribution >= 4 is 46.4 Å². The Morgan fingerprint density at radius 1 is 1.44 bits per heavy atom. The summed E-state index contributed by atoms with van der Waals surface area (Å²) in [5, 5.41) is 3.08. The van der Waals surface area contributed by atoms with Crippen molar-refractivity contribution in [2.24, 2.45) is 0 Å². The third kappa shape index (κ3) is 4.36. The molecular formula is C17H22FN3O2S2. The molecule has 0 saturated carbocycles. The summed E-state index contributed by atoms with van der Waals surface area (Å²) in [4.78, 5) is 16.4. The molecule has 8 heteroatoms. The van der Waals surface area contributed by atoms with Gasteiger partial charge in [-0.2, -0.15) is 11.8 Å². The van der Waals surface area contributed by atoms with Crippen LogP contribution in [0.3, 0.4) is 0 Å². The van der Waals surface area contributed by atoms with Gasteiger partial charge in [0.15, 0.2) is 0 Å². The average molecular weight is 384 g/mol. The van der Waals surface area contributed by atoms with Crippen molar-refractivity contribution in [1.82, 2.24) is 5.32 Å². The summed E-state index contributed by atoms with van der Waals surface area (Å²) < 4.78 is 19.9. The van der Waals surface area contributed by atoms with E-state index in [9.17, 15) is 9.18 Å². The molecule has 136 valence electrons. The summed E-state index contributed by atoms with van der Waals surface area (Å²) >= 11 is 7.00. The van der Waals surface area contributed by atoms with E-state index < -0.39 is 6.09 Å². The zero-order valence-electron chi connectivity index (χ0n) is 14.2. The SMILES string of the molecule is CCC(=S)NC[C@H]1CN(c2ccc(N3CCSCC3)c(F)c2)C(=O)O1. The van der Waals surface area contributed by atoms with E-state index in [1.807, 2.05) is 18.7 Å². The zero-order chi connectivity index (χ0) is 17.8. The fraction of sp³-hybridized carbons (Fsp3) is 0.529. The lowest BCUT2D eigenvalue weighted by Gasteiger charge is -2.29. The molecular weight excluding hydrogens is 361 g/mol. The molecule has 2 fully saturated rings. The van der Waals surface area contributed by atoms with E-state index in [2.05, 4.69) is 10.2 Å². The van der Waals surface area contributed by atoms with Crippen LogP contribution in [0.1, 0.15) is 13.3 Å². The van der Waals surface area contributed by atoms with Crippen molar-refractivity contribution in [2.75, 3.05) is 47.5 Å². The topological polar surface area (TPSA) is 44.8 Å². The van der Waals surface area contributed by atoms with Gasteiger partial charge in [-0.05, 0) is 24.6 Å². The molecule has 0 bridgehead atoms. The quantitative estimate of drug-likeness (QED) is 0.789. The number of hydrogen-bond acceptors (Lipinski definition) is 5. The summed E-state index contributed by atoms with van der Waals surface area (Å²) in [5.41, 5.74) is 1.13. The molecule has 0 aliphatic carbocycles. The van der Waals surface area contributed by atoms with E-state index in [-0.39, 0.29) is 11.9 Å². The van der Waals surface area contributed by atoms with Gasteiger partial charge in [0.2, 0.25) is 0 Å². The second kappa shape index (κ2) is 8.23. The lowest BCUT2D eigenvalue weighted by Crippen LogP contribution is -2.34. The van der Waals surface area contributed by atoms with E-state index in [0.29, 0.717) is 24.5 Å². The molecule has 0 spiro atoms. The number of amides is 1. The maximum atomic E-state index is 14.6. The van der Waals surface area contributed by atoms with Gasteiger partial charge in [0, 0.05) is 24.6 Å². The fourth-order valence-electron chi connectivity index (χ4n) is 2.92. The molecule has 3 rings (SSSR count). The highest BCUT2D eigenvalue weighted by Gasteiger charge is 2.32. The molecule has 1 amide bonds. The standard InChI is InChI=1S/C17H22FN3O2S2/c1-2-16(24)19-10-13-11-21(17(22)23-13)12-3-4-15(14(18)9-12)20-5-7-25-8-6-20/h3-4,9,13H,2,5-8,10-11H2,1H3,(H,19,24)/t13-/m0/s1. The van der Waals surface area contributed by atoms with Crippen LogP contribution < -0.4 is 15.1 Å². The van der Waals surface area contributed by atoms with Crippen molar-refractivity contribution in [3.63, 3.8) is 0 Å². The van der Waals surface area contributed by atoms with Gasteiger partial charge in [0.25, 0.3) is 0 Å². The minimum Gasteiger partial charge on any atom is -0.442 e. The van der Waals surface area contributed by atoms with Crippen molar-refractivity contribution in [3.05, 3.63) is 24.0 Å². The van der Waals surface area contributed by atoms with E-state index in [1.165, 1.54) is 11.0 Å². The number of ether oxygens (including phenoxy) is 1. The van der Waals surface area contributed by atoms with Crippen LogP contribution in [-0.2, 0) is 4.74 Å². The number of thioether (sulfide) groups is 1. The second-order valence-corrected chi connectivity index (χ2v) is 7.73. The van der Waals surface area contributed by atoms with Gasteiger partial charge < -0.3 is 15.0 Å². The normalized spacial score (nSPS) is 20.6. The maximum absolute atomic E-state index is 14.6. The minimum absolute atomic E-state index is 0.293. The summed E-state index contributed by atoms with van der Waals surface area (Å²) in [5.74, 6) is 1.72. The van der Waals surface area contributed by atoms with Gasteiger partial charge in [-0.25, -0.2) is 9.18 Å². The Balaban J connectivity index is 1.66. The van der Waals surface area contributed by atoms with E-state index in [0.717, 1.165) is 36.0 Å². The number of rotatable bonds is 5. The monoisotopic (exact) mass is 383 g/mol. The molecule has 0 unspecified atom stereocenters. The van der Waals surface area contributed by atoms with Crippen molar-refractivity contribution < 1.29 is 13.9 Å². The highest BCUT2D eigenvalue weighted by Crippen LogP contribution is 2.29. The number of anilines is 2. The molecule has 2 heterocycles. The van der Waals surface area contributed by atoms with Crippen LogP contribution >= 0.6 is 24.0 Å².